The number of aromatic nitrogens is 2. The second-order valence-corrected chi connectivity index (χ2v) is 7.27. The Balaban J connectivity index is 1.74. The topological polar surface area (TPSA) is 97.6 Å². The number of hydrogen-bond acceptors (Lipinski definition) is 8. The molecule has 8 nitrogen and oxygen atoms in total. The zero-order valence-corrected chi connectivity index (χ0v) is 15.9. The van der Waals surface area contributed by atoms with E-state index < -0.39 is 12.0 Å². The summed E-state index contributed by atoms with van der Waals surface area (Å²) in [4.78, 5) is 27.8. The molecule has 1 saturated heterocycles. The summed E-state index contributed by atoms with van der Waals surface area (Å²) >= 11 is 1.65. The molecule has 1 fully saturated rings. The number of carbonyl (C=O) groups is 2. The van der Waals surface area contributed by atoms with Crippen molar-refractivity contribution in [1.82, 2.24) is 20.4 Å². The summed E-state index contributed by atoms with van der Waals surface area (Å²) in [5.41, 5.74) is 1.22. The number of nitrogens with zero attached hydrogens (tertiary/aromatic N) is 3. The Kier molecular flexibility index (Phi) is 5.67. The largest absolute Gasteiger partial charge is 0.469 e. The van der Waals surface area contributed by atoms with Crippen LogP contribution in [0.2, 0.25) is 0 Å². The molecule has 0 bridgehead atoms. The first-order valence-electron chi connectivity index (χ1n) is 8.52. The van der Waals surface area contributed by atoms with E-state index in [2.05, 4.69) is 35.4 Å². The fourth-order valence-electron chi connectivity index (χ4n) is 2.98. The molecular formula is C17H22N4O4S. The van der Waals surface area contributed by atoms with Gasteiger partial charge in [-0.15, -0.1) is 21.5 Å². The number of esters is 1. The Morgan fingerprint density at radius 2 is 2.31 bits per heavy atom. The SMILES string of the molecule is CCc1sc(-c2nnc(CN3CCNC(=O)C3CC(=O)OC)o2)cc1C. The first-order valence-corrected chi connectivity index (χ1v) is 9.34. The molecule has 1 aliphatic rings. The van der Waals surface area contributed by atoms with E-state index in [1.165, 1.54) is 17.6 Å². The highest BCUT2D eigenvalue weighted by Gasteiger charge is 2.33. The highest BCUT2D eigenvalue weighted by Crippen LogP contribution is 2.31. The molecule has 0 radical (unpaired) electrons. The normalized spacial score (nSPS) is 18.0. The van der Waals surface area contributed by atoms with Gasteiger partial charge in [0.25, 0.3) is 5.89 Å². The van der Waals surface area contributed by atoms with Crippen molar-refractivity contribution in [1.29, 1.82) is 0 Å². The van der Waals surface area contributed by atoms with Crippen LogP contribution in [0.25, 0.3) is 10.8 Å². The molecule has 2 aromatic rings. The van der Waals surface area contributed by atoms with Crippen LogP contribution < -0.4 is 5.32 Å². The minimum atomic E-state index is -0.595. The number of hydrogen-bond donors (Lipinski definition) is 1. The van der Waals surface area contributed by atoms with Gasteiger partial charge in [-0.3, -0.25) is 14.5 Å². The monoisotopic (exact) mass is 378 g/mol. The minimum Gasteiger partial charge on any atom is -0.469 e. The molecule has 3 rings (SSSR count). The molecule has 0 aromatic carbocycles. The van der Waals surface area contributed by atoms with Gasteiger partial charge >= 0.3 is 5.97 Å². The van der Waals surface area contributed by atoms with Crippen LogP contribution >= 0.6 is 11.3 Å². The van der Waals surface area contributed by atoms with Gasteiger partial charge in [-0.2, -0.15) is 0 Å². The summed E-state index contributed by atoms with van der Waals surface area (Å²) in [6.07, 6.45) is 0.961. The van der Waals surface area contributed by atoms with E-state index >= 15 is 0 Å². The lowest BCUT2D eigenvalue weighted by Gasteiger charge is -2.33. The van der Waals surface area contributed by atoms with Gasteiger partial charge in [0.2, 0.25) is 11.8 Å². The standard InChI is InChI=1S/C17H22N4O4S/c1-4-12-10(2)7-13(26-12)17-20-19-14(25-17)9-21-6-5-18-16(23)11(21)8-15(22)24-3/h7,11H,4-6,8-9H2,1-3H3,(H,18,23). The highest BCUT2D eigenvalue weighted by molar-refractivity contribution is 7.15. The van der Waals surface area contributed by atoms with Crippen LogP contribution in [0.4, 0.5) is 0 Å². The Morgan fingerprint density at radius 1 is 1.50 bits per heavy atom. The lowest BCUT2D eigenvalue weighted by atomic mass is 10.1. The number of carbonyl (C=O) groups excluding carboxylic acids is 2. The zero-order valence-electron chi connectivity index (χ0n) is 15.1. The summed E-state index contributed by atoms with van der Waals surface area (Å²) in [6.45, 7) is 5.61. The van der Waals surface area contributed by atoms with Crippen molar-refractivity contribution >= 4 is 23.2 Å². The van der Waals surface area contributed by atoms with E-state index in [-0.39, 0.29) is 12.3 Å². The predicted octanol–water partition coefficient (Wildman–Crippen LogP) is 1.53. The van der Waals surface area contributed by atoms with Gasteiger partial charge in [0.1, 0.15) is 6.04 Å². The van der Waals surface area contributed by atoms with Crippen molar-refractivity contribution in [3.63, 3.8) is 0 Å². The molecule has 1 amide bonds. The first kappa shape index (κ1) is 18.5. The number of rotatable bonds is 6. The Morgan fingerprint density at radius 3 is 3.00 bits per heavy atom. The number of amides is 1. The Hall–Kier alpha value is -2.26. The maximum Gasteiger partial charge on any atom is 0.307 e. The second-order valence-electron chi connectivity index (χ2n) is 6.13. The molecule has 1 atom stereocenters. The summed E-state index contributed by atoms with van der Waals surface area (Å²) in [6, 6.07) is 1.46. The number of piperazine rings is 1. The van der Waals surface area contributed by atoms with Crippen LogP contribution in [-0.4, -0.2) is 53.2 Å². The van der Waals surface area contributed by atoms with Gasteiger partial charge in [-0.25, -0.2) is 0 Å². The van der Waals surface area contributed by atoms with E-state index in [4.69, 9.17) is 9.15 Å². The highest BCUT2D eigenvalue weighted by atomic mass is 32.1. The Labute approximate surface area is 155 Å². The van der Waals surface area contributed by atoms with Gasteiger partial charge in [-0.1, -0.05) is 6.92 Å². The molecule has 2 aromatic heterocycles. The number of ether oxygens (including phenoxy) is 1. The maximum absolute atomic E-state index is 12.1. The fraction of sp³-hybridized carbons (Fsp3) is 0.529. The van der Waals surface area contributed by atoms with Crippen LogP contribution in [-0.2, 0) is 27.3 Å². The van der Waals surface area contributed by atoms with Crippen molar-refractivity contribution in [3.05, 3.63) is 22.4 Å². The van der Waals surface area contributed by atoms with Gasteiger partial charge in [0.05, 0.1) is 25.0 Å². The smallest absolute Gasteiger partial charge is 0.307 e. The fourth-order valence-corrected chi connectivity index (χ4v) is 4.02. The van der Waals surface area contributed by atoms with E-state index in [1.54, 1.807) is 11.3 Å². The first-order chi connectivity index (χ1) is 12.5. The van der Waals surface area contributed by atoms with Crippen LogP contribution in [0.3, 0.4) is 0 Å². The van der Waals surface area contributed by atoms with Crippen molar-refractivity contribution < 1.29 is 18.7 Å². The zero-order chi connectivity index (χ0) is 18.7. The predicted molar refractivity (Wildman–Crippen MR) is 95.6 cm³/mol. The van der Waals surface area contributed by atoms with Crippen LogP contribution in [0, 0.1) is 6.92 Å². The molecule has 0 saturated carbocycles. The van der Waals surface area contributed by atoms with E-state index in [9.17, 15) is 9.59 Å². The van der Waals surface area contributed by atoms with Crippen LogP contribution in [0.5, 0.6) is 0 Å². The van der Waals surface area contributed by atoms with Crippen molar-refractivity contribution in [2.45, 2.75) is 39.3 Å². The molecule has 140 valence electrons. The van der Waals surface area contributed by atoms with Crippen LogP contribution in [0.15, 0.2) is 10.5 Å². The van der Waals surface area contributed by atoms with E-state index in [0.717, 1.165) is 11.3 Å². The average Bonchev–Trinajstić information content (AvgIpc) is 3.24. The molecule has 1 N–H and O–H groups in total. The summed E-state index contributed by atoms with van der Waals surface area (Å²) < 4.78 is 10.5. The third-order valence-electron chi connectivity index (χ3n) is 4.39. The summed E-state index contributed by atoms with van der Waals surface area (Å²) in [7, 11) is 1.31. The molecule has 9 heteroatoms. The summed E-state index contributed by atoms with van der Waals surface area (Å²) in [5.74, 6) is 0.291. The molecule has 1 aliphatic heterocycles. The molecular weight excluding hydrogens is 356 g/mol. The second kappa shape index (κ2) is 7.96. The lowest BCUT2D eigenvalue weighted by molar-refractivity contribution is -0.146. The number of methoxy groups -OCH3 is 1. The number of thiophene rings is 1. The van der Waals surface area contributed by atoms with Gasteiger partial charge in [-0.05, 0) is 25.0 Å². The molecule has 1 unspecified atom stereocenters. The van der Waals surface area contributed by atoms with E-state index in [0.29, 0.717) is 31.4 Å². The van der Waals surface area contributed by atoms with Crippen molar-refractivity contribution in [3.8, 4) is 10.8 Å². The Bertz CT molecular complexity index is 801. The van der Waals surface area contributed by atoms with Crippen molar-refractivity contribution in [2.75, 3.05) is 20.2 Å². The average molecular weight is 378 g/mol. The third-order valence-corrected chi connectivity index (χ3v) is 5.76. The quantitative estimate of drug-likeness (QED) is 0.761. The van der Waals surface area contributed by atoms with E-state index in [1.807, 2.05) is 4.90 Å². The summed E-state index contributed by atoms with van der Waals surface area (Å²) in [5, 5.41) is 11.0. The molecule has 0 aliphatic carbocycles. The van der Waals surface area contributed by atoms with Gasteiger partial charge < -0.3 is 14.5 Å². The number of nitrogens with one attached hydrogen (secondary N) is 1. The number of aryl methyl sites for hydroxylation is 2. The minimum absolute atomic E-state index is 0.00664. The third kappa shape index (κ3) is 3.94. The van der Waals surface area contributed by atoms with Crippen LogP contribution in [0.1, 0.15) is 29.7 Å². The lowest BCUT2D eigenvalue weighted by Crippen LogP contribution is -2.55. The van der Waals surface area contributed by atoms with Crippen molar-refractivity contribution in [2.24, 2.45) is 0 Å². The van der Waals surface area contributed by atoms with Gasteiger partial charge in [0, 0.05) is 18.0 Å². The molecule has 26 heavy (non-hydrogen) atoms. The van der Waals surface area contributed by atoms with Gasteiger partial charge in [0.15, 0.2) is 0 Å². The maximum atomic E-state index is 12.1. The molecule has 3 heterocycles. The molecule has 0 spiro atoms.